The van der Waals surface area contributed by atoms with Gasteiger partial charge in [-0.05, 0) is 0 Å². The zero-order chi connectivity index (χ0) is 23.7. The smallest absolute Gasteiger partial charge is 0.303 e. The van der Waals surface area contributed by atoms with Gasteiger partial charge >= 0.3 is 31.3 Å². The van der Waals surface area contributed by atoms with Crippen molar-refractivity contribution in [3.05, 3.63) is 0 Å². The fourth-order valence-electron chi connectivity index (χ4n) is 0.298. The van der Waals surface area contributed by atoms with Crippen LogP contribution in [0.15, 0.2) is 0 Å². The van der Waals surface area contributed by atoms with Gasteiger partial charge in [0.1, 0.15) is 0 Å². The van der Waals surface area contributed by atoms with Crippen LogP contribution in [0.25, 0.3) is 0 Å². The van der Waals surface area contributed by atoms with Gasteiger partial charge < -0.3 is 19.6 Å². The van der Waals surface area contributed by atoms with Crippen molar-refractivity contribution in [3.8, 4) is 0 Å². The molecule has 0 aliphatic rings. The van der Waals surface area contributed by atoms with Crippen LogP contribution in [0.5, 0.6) is 0 Å². The Morgan fingerprint density at radius 3 is 0.448 bits per heavy atom. The first-order chi connectivity index (χ1) is 12.5. The first-order valence-electron chi connectivity index (χ1n) is 6.26. The molecule has 0 bridgehead atoms. The third-order valence-electron chi connectivity index (χ3n) is 1.85. The molecule has 0 radical (unpaired) electrons. The van der Waals surface area contributed by atoms with E-state index in [4.69, 9.17) is 19.6 Å². The van der Waals surface area contributed by atoms with Gasteiger partial charge in [-0.2, -0.15) is 0 Å². The van der Waals surface area contributed by atoms with Crippen LogP contribution < -0.4 is 0 Å². The molecule has 0 saturated heterocycles. The Kier molecular flexibility index (Phi) is 30.0. The second kappa shape index (κ2) is 21.3. The van der Waals surface area contributed by atoms with Gasteiger partial charge in [0.05, 0.1) is 0 Å². The number of phosphoric acid groups is 4. The predicted octanol–water partition coefficient (Wildman–Crippen LogP) is 1.52. The van der Waals surface area contributed by atoms with Gasteiger partial charge in [-0.1, -0.05) is 0 Å². The third-order valence-corrected chi connectivity index (χ3v) is 5.54. The molecule has 0 fully saturated rings. The summed E-state index contributed by atoms with van der Waals surface area (Å²) >= 11 is 0. The van der Waals surface area contributed by atoms with E-state index in [2.05, 4.69) is 36.2 Å². The zero-order valence-electron chi connectivity index (χ0n) is 17.0. The zero-order valence-corrected chi connectivity index (χ0v) is 24.7. The molecule has 0 rings (SSSR count). The van der Waals surface area contributed by atoms with Gasteiger partial charge in [-0.25, -0.2) is 18.3 Å². The van der Waals surface area contributed by atoms with Crippen LogP contribution in [0.4, 0.5) is 0 Å². The summed E-state index contributed by atoms with van der Waals surface area (Å²) in [5, 5.41) is 0. The van der Waals surface area contributed by atoms with E-state index in [9.17, 15) is 18.3 Å². The van der Waals surface area contributed by atoms with Crippen molar-refractivity contribution in [2.24, 2.45) is 0 Å². The van der Waals surface area contributed by atoms with Gasteiger partial charge in [-0.3, -0.25) is 36.2 Å². The summed E-state index contributed by atoms with van der Waals surface area (Å²) in [5.74, 6) is 0. The van der Waals surface area contributed by atoms with E-state index >= 15 is 0 Å². The molecule has 0 aromatic rings. The summed E-state index contributed by atoms with van der Waals surface area (Å²) < 4.78 is 72.1. The third kappa shape index (κ3) is 34.3. The van der Waals surface area contributed by atoms with Crippen LogP contribution in [0.1, 0.15) is 0 Å². The van der Waals surface area contributed by atoms with Crippen LogP contribution in [-0.4, -0.2) is 76.5 Å². The Morgan fingerprint density at radius 2 is 0.448 bits per heavy atom. The van der Waals surface area contributed by atoms with E-state index in [0.29, 0.717) is 0 Å². The van der Waals surface area contributed by atoms with Crippen molar-refractivity contribution in [2.45, 2.75) is 0 Å². The summed E-state index contributed by atoms with van der Waals surface area (Å²) in [6.07, 6.45) is 0. The largest absolute Gasteiger partial charge is 0.471 e. The number of rotatable bonds is 8. The SMILES string of the molecule is COP(=O)(O)OC.COP(=O)(O)OC.COP(=O)(O)OC.COP(=O)(O)OC.[U]. The predicted molar refractivity (Wildman–Crippen MR) is 95.4 cm³/mol. The molecule has 180 valence electrons. The molecule has 21 heteroatoms. The van der Waals surface area contributed by atoms with E-state index < -0.39 is 31.3 Å². The Bertz CT molecular complexity index is 429. The first kappa shape index (κ1) is 40.8. The maximum absolute atomic E-state index is 10.1. The Balaban J connectivity index is -0.0000000873. The molecule has 0 aliphatic carbocycles. The van der Waals surface area contributed by atoms with Crippen molar-refractivity contribution in [2.75, 3.05) is 56.9 Å². The maximum atomic E-state index is 10.1. The quantitative estimate of drug-likeness (QED) is 0.259. The minimum absolute atomic E-state index is 0. The van der Waals surface area contributed by atoms with Crippen LogP contribution in [0.2, 0.25) is 0 Å². The monoisotopic (exact) mass is 742 g/mol. The maximum Gasteiger partial charge on any atom is 0.471 e. The van der Waals surface area contributed by atoms with Crippen molar-refractivity contribution >= 4 is 31.3 Å². The van der Waals surface area contributed by atoms with Crippen molar-refractivity contribution in [1.82, 2.24) is 0 Å². The molecule has 16 nitrogen and oxygen atoms in total. The summed E-state index contributed by atoms with van der Waals surface area (Å²) in [6.45, 7) is 0. The standard InChI is InChI=1S/4C2H7O4P.U/c4*1-5-7(3,4)6-2;/h4*1-2H3,(H,3,4);. The molecular formula is C8H28O16P4U. The van der Waals surface area contributed by atoms with Crippen LogP contribution in [-0.2, 0) is 54.5 Å². The van der Waals surface area contributed by atoms with E-state index in [-0.39, 0.29) is 31.1 Å². The summed E-state index contributed by atoms with van der Waals surface area (Å²) in [6, 6.07) is 0. The van der Waals surface area contributed by atoms with Gasteiger partial charge in [0, 0.05) is 88.0 Å². The van der Waals surface area contributed by atoms with E-state index in [1.165, 1.54) is 0 Å². The molecule has 0 saturated carbocycles. The molecule has 29 heavy (non-hydrogen) atoms. The number of hydrogen-bond acceptors (Lipinski definition) is 12. The first-order valence-corrected chi connectivity index (χ1v) is 12.2. The molecular weight excluding hydrogens is 714 g/mol. The number of phosphoric ester groups is 4. The topological polar surface area (TPSA) is 223 Å². The Hall–Kier alpha value is 1.49. The van der Waals surface area contributed by atoms with Crippen LogP contribution in [0, 0.1) is 31.1 Å². The molecule has 0 heterocycles. The van der Waals surface area contributed by atoms with E-state index in [0.717, 1.165) is 56.9 Å². The second-order valence-corrected chi connectivity index (χ2v) is 10.0. The van der Waals surface area contributed by atoms with Crippen LogP contribution in [0.3, 0.4) is 0 Å². The average Bonchev–Trinajstić information content (AvgIpc) is 2.69. The van der Waals surface area contributed by atoms with Crippen molar-refractivity contribution in [1.29, 1.82) is 0 Å². The molecule has 0 aromatic heterocycles. The Labute approximate surface area is 192 Å². The Morgan fingerprint density at radius 1 is 0.379 bits per heavy atom. The second-order valence-electron chi connectivity index (χ2n) is 3.33. The minimum atomic E-state index is -3.65. The summed E-state index contributed by atoms with van der Waals surface area (Å²) in [5.41, 5.74) is 0. The molecule has 0 aliphatic heterocycles. The van der Waals surface area contributed by atoms with Crippen LogP contribution >= 0.6 is 31.3 Å². The van der Waals surface area contributed by atoms with Gasteiger partial charge in [-0.15, -0.1) is 0 Å². The minimum Gasteiger partial charge on any atom is -0.303 e. The van der Waals surface area contributed by atoms with Gasteiger partial charge in [0.25, 0.3) is 0 Å². The van der Waals surface area contributed by atoms with Gasteiger partial charge in [0.2, 0.25) is 0 Å². The van der Waals surface area contributed by atoms with E-state index in [1.54, 1.807) is 0 Å². The molecule has 0 unspecified atom stereocenters. The average molecular weight is 742 g/mol. The molecule has 0 spiro atoms. The summed E-state index contributed by atoms with van der Waals surface area (Å²) in [4.78, 5) is 33.0. The fraction of sp³-hybridized carbons (Fsp3) is 1.00. The van der Waals surface area contributed by atoms with Gasteiger partial charge in [0.15, 0.2) is 0 Å². The molecule has 0 atom stereocenters. The normalized spacial score (nSPS) is 11.4. The number of hydrogen-bond donors (Lipinski definition) is 4. The van der Waals surface area contributed by atoms with E-state index in [1.807, 2.05) is 0 Å². The van der Waals surface area contributed by atoms with Crippen molar-refractivity contribution < 1.29 is 105 Å². The van der Waals surface area contributed by atoms with Crippen molar-refractivity contribution in [3.63, 3.8) is 0 Å². The molecule has 0 aromatic carbocycles. The molecule has 4 N–H and O–H groups in total. The molecule has 0 amide bonds. The fourth-order valence-corrected chi connectivity index (χ4v) is 0.894. The summed E-state index contributed by atoms with van der Waals surface area (Å²) in [7, 11) is -5.81.